The summed E-state index contributed by atoms with van der Waals surface area (Å²) >= 11 is 6.03. The molecule has 0 unspecified atom stereocenters. The van der Waals surface area contributed by atoms with Crippen LogP contribution in [-0.4, -0.2) is 23.2 Å². The van der Waals surface area contributed by atoms with Gasteiger partial charge in [-0.25, -0.2) is 13.1 Å². The molecule has 0 fully saturated rings. The molecule has 0 aliphatic rings. The van der Waals surface area contributed by atoms with Crippen molar-refractivity contribution in [1.29, 1.82) is 0 Å². The first-order valence-corrected chi connectivity index (χ1v) is 9.41. The molecule has 130 valence electrons. The van der Waals surface area contributed by atoms with Gasteiger partial charge in [-0.05, 0) is 36.2 Å². The lowest BCUT2D eigenvalue weighted by Gasteiger charge is -2.10. The molecule has 1 aromatic carbocycles. The van der Waals surface area contributed by atoms with Crippen molar-refractivity contribution < 1.29 is 8.42 Å². The number of sulfonamides is 1. The van der Waals surface area contributed by atoms with Gasteiger partial charge in [-0.2, -0.15) is 5.10 Å². The van der Waals surface area contributed by atoms with Gasteiger partial charge < -0.3 is 0 Å². The summed E-state index contributed by atoms with van der Waals surface area (Å²) in [6.45, 7) is 1.94. The van der Waals surface area contributed by atoms with Gasteiger partial charge in [0.2, 0.25) is 10.0 Å². The molecule has 0 spiro atoms. The molecule has 6 nitrogen and oxygen atoms in total. The first kappa shape index (κ1) is 17.6. The molecule has 1 N–H and O–H groups in total. The Hall–Kier alpha value is -2.22. The maximum atomic E-state index is 12.5. The number of hydrogen-bond acceptors (Lipinski definition) is 4. The van der Waals surface area contributed by atoms with E-state index in [4.69, 9.17) is 11.6 Å². The molecule has 3 aromatic rings. The van der Waals surface area contributed by atoms with Crippen LogP contribution in [0.3, 0.4) is 0 Å². The Labute approximate surface area is 151 Å². The number of aromatic nitrogens is 3. The van der Waals surface area contributed by atoms with E-state index in [1.807, 2.05) is 26.2 Å². The van der Waals surface area contributed by atoms with Gasteiger partial charge in [0.25, 0.3) is 0 Å². The number of rotatable bonds is 5. The number of nitrogens with one attached hydrogen (secondary N) is 1. The molecule has 0 atom stereocenters. The van der Waals surface area contributed by atoms with Gasteiger partial charge in [0.05, 0.1) is 16.8 Å². The number of nitrogens with zero attached hydrogens (tertiary/aromatic N) is 3. The van der Waals surface area contributed by atoms with Crippen molar-refractivity contribution in [3.63, 3.8) is 0 Å². The summed E-state index contributed by atoms with van der Waals surface area (Å²) in [5.41, 5.74) is 3.11. The molecule has 0 bridgehead atoms. The van der Waals surface area contributed by atoms with Crippen LogP contribution in [0.15, 0.2) is 53.8 Å². The summed E-state index contributed by atoms with van der Waals surface area (Å²) in [5, 5.41) is 4.55. The molecule has 0 amide bonds. The van der Waals surface area contributed by atoms with Gasteiger partial charge in [0, 0.05) is 36.6 Å². The highest BCUT2D eigenvalue weighted by atomic mass is 35.5. The van der Waals surface area contributed by atoms with E-state index in [0.717, 1.165) is 16.7 Å². The van der Waals surface area contributed by atoms with Gasteiger partial charge >= 0.3 is 0 Å². The van der Waals surface area contributed by atoms with Crippen molar-refractivity contribution in [3.05, 3.63) is 65.1 Å². The highest BCUT2D eigenvalue weighted by Crippen LogP contribution is 2.22. The fourth-order valence-corrected chi connectivity index (χ4v) is 3.66. The van der Waals surface area contributed by atoms with Gasteiger partial charge in [0.1, 0.15) is 0 Å². The Morgan fingerprint density at radius 1 is 1.28 bits per heavy atom. The third kappa shape index (κ3) is 3.89. The fraction of sp³-hybridized carbons (Fsp3) is 0.176. The summed E-state index contributed by atoms with van der Waals surface area (Å²) in [6, 6.07) is 8.27. The zero-order valence-electron chi connectivity index (χ0n) is 13.8. The Kier molecular flexibility index (Phi) is 4.89. The number of benzene rings is 1. The first-order chi connectivity index (χ1) is 11.9. The monoisotopic (exact) mass is 376 g/mol. The van der Waals surface area contributed by atoms with Crippen molar-refractivity contribution in [2.24, 2.45) is 7.05 Å². The smallest absolute Gasteiger partial charge is 0.240 e. The summed E-state index contributed by atoms with van der Waals surface area (Å²) in [6.07, 6.45) is 5.19. The molecule has 0 saturated carbocycles. The Morgan fingerprint density at radius 2 is 2.08 bits per heavy atom. The van der Waals surface area contributed by atoms with Crippen molar-refractivity contribution in [3.8, 4) is 11.3 Å². The van der Waals surface area contributed by atoms with Crippen LogP contribution in [0.4, 0.5) is 0 Å². The van der Waals surface area contributed by atoms with Crippen LogP contribution in [0.2, 0.25) is 5.02 Å². The molecule has 0 aliphatic heterocycles. The molecule has 2 aromatic heterocycles. The van der Waals surface area contributed by atoms with Crippen LogP contribution in [0.1, 0.15) is 11.1 Å². The maximum absolute atomic E-state index is 12.5. The van der Waals surface area contributed by atoms with E-state index in [9.17, 15) is 8.42 Å². The normalized spacial score (nSPS) is 11.6. The average molecular weight is 377 g/mol. The molecule has 0 radical (unpaired) electrons. The van der Waals surface area contributed by atoms with E-state index in [0.29, 0.717) is 10.7 Å². The number of aryl methyl sites for hydroxylation is 2. The van der Waals surface area contributed by atoms with Gasteiger partial charge in [-0.15, -0.1) is 0 Å². The van der Waals surface area contributed by atoms with Gasteiger partial charge in [-0.1, -0.05) is 23.7 Å². The van der Waals surface area contributed by atoms with E-state index in [1.54, 1.807) is 29.2 Å². The van der Waals surface area contributed by atoms with Crippen molar-refractivity contribution in [1.82, 2.24) is 19.5 Å². The summed E-state index contributed by atoms with van der Waals surface area (Å²) < 4.78 is 29.3. The van der Waals surface area contributed by atoms with Gasteiger partial charge in [-0.3, -0.25) is 9.67 Å². The topological polar surface area (TPSA) is 76.9 Å². The molecule has 0 saturated heterocycles. The number of hydrogen-bond donors (Lipinski definition) is 1. The number of pyridine rings is 1. The minimum absolute atomic E-state index is 0.117. The molecular weight excluding hydrogens is 360 g/mol. The lowest BCUT2D eigenvalue weighted by atomic mass is 10.1. The highest BCUT2D eigenvalue weighted by molar-refractivity contribution is 7.89. The third-order valence-electron chi connectivity index (χ3n) is 3.78. The second kappa shape index (κ2) is 6.95. The summed E-state index contributed by atoms with van der Waals surface area (Å²) in [4.78, 5) is 4.49. The van der Waals surface area contributed by atoms with Gasteiger partial charge in [0.15, 0.2) is 0 Å². The fourth-order valence-electron chi connectivity index (χ4n) is 2.38. The van der Waals surface area contributed by atoms with E-state index < -0.39 is 10.0 Å². The van der Waals surface area contributed by atoms with Crippen LogP contribution in [0.25, 0.3) is 11.3 Å². The Morgan fingerprint density at radius 3 is 2.76 bits per heavy atom. The van der Waals surface area contributed by atoms with Crippen molar-refractivity contribution in [2.45, 2.75) is 18.4 Å². The van der Waals surface area contributed by atoms with E-state index in [1.165, 1.54) is 12.1 Å². The van der Waals surface area contributed by atoms with Crippen LogP contribution in [-0.2, 0) is 23.6 Å². The van der Waals surface area contributed by atoms with Crippen LogP contribution in [0, 0.1) is 6.92 Å². The lowest BCUT2D eigenvalue weighted by molar-refractivity contribution is 0.581. The van der Waals surface area contributed by atoms with Crippen molar-refractivity contribution in [2.75, 3.05) is 0 Å². The largest absolute Gasteiger partial charge is 0.275 e. The van der Waals surface area contributed by atoms with Crippen LogP contribution in [0.5, 0.6) is 0 Å². The maximum Gasteiger partial charge on any atom is 0.240 e. The molecule has 0 aliphatic carbocycles. The second-order valence-electron chi connectivity index (χ2n) is 5.65. The van der Waals surface area contributed by atoms with E-state index in [-0.39, 0.29) is 11.4 Å². The number of halogens is 1. The zero-order chi connectivity index (χ0) is 18.0. The SMILES string of the molecule is Cc1ccc(S(=O)(=O)NCc2cccnc2-c2cnn(C)c2)cc1Cl. The van der Waals surface area contributed by atoms with E-state index >= 15 is 0 Å². The third-order valence-corrected chi connectivity index (χ3v) is 5.58. The van der Waals surface area contributed by atoms with E-state index in [2.05, 4.69) is 14.8 Å². The minimum atomic E-state index is -3.67. The van der Waals surface area contributed by atoms with Crippen LogP contribution >= 0.6 is 11.6 Å². The molecular formula is C17H17ClN4O2S. The zero-order valence-corrected chi connectivity index (χ0v) is 15.3. The molecule has 25 heavy (non-hydrogen) atoms. The summed E-state index contributed by atoms with van der Waals surface area (Å²) in [5.74, 6) is 0. The minimum Gasteiger partial charge on any atom is -0.275 e. The first-order valence-electron chi connectivity index (χ1n) is 7.55. The standard InChI is InChI=1S/C17H17ClN4O2S/c1-12-5-6-15(8-16(12)18)25(23,24)21-10-13-4-3-7-19-17(13)14-9-20-22(2)11-14/h3-9,11,21H,10H2,1-2H3. The second-order valence-corrected chi connectivity index (χ2v) is 7.82. The highest BCUT2D eigenvalue weighted by Gasteiger charge is 2.16. The Bertz CT molecular complexity index is 1010. The lowest BCUT2D eigenvalue weighted by Crippen LogP contribution is -2.23. The molecule has 2 heterocycles. The summed E-state index contributed by atoms with van der Waals surface area (Å²) in [7, 11) is -1.86. The molecule has 3 rings (SSSR count). The average Bonchev–Trinajstić information content (AvgIpc) is 3.02. The Balaban J connectivity index is 1.85. The predicted molar refractivity (Wildman–Crippen MR) is 96.7 cm³/mol. The quantitative estimate of drug-likeness (QED) is 0.742. The van der Waals surface area contributed by atoms with Crippen LogP contribution < -0.4 is 4.72 Å². The molecule has 8 heteroatoms. The van der Waals surface area contributed by atoms with Crippen molar-refractivity contribution >= 4 is 21.6 Å². The predicted octanol–water partition coefficient (Wildman–Crippen LogP) is 2.92.